The van der Waals surface area contributed by atoms with Gasteiger partial charge in [-0.25, -0.2) is 22.9 Å². The van der Waals surface area contributed by atoms with E-state index in [-0.39, 0.29) is 15.3 Å². The van der Waals surface area contributed by atoms with Crippen LogP contribution in [0, 0.1) is 5.41 Å². The molecule has 20 heavy (non-hydrogen) atoms. The van der Waals surface area contributed by atoms with Crippen molar-refractivity contribution in [2.75, 3.05) is 13.7 Å². The molecule has 0 atom stereocenters. The van der Waals surface area contributed by atoms with Crippen molar-refractivity contribution in [2.24, 2.45) is 5.41 Å². The van der Waals surface area contributed by atoms with Crippen molar-refractivity contribution in [3.8, 4) is 0 Å². The van der Waals surface area contributed by atoms with E-state index in [2.05, 4.69) is 21.4 Å². The SMILES string of the molecule is COC(=O)c1ncsc1S(=O)(=O)NCC1(C)CCCC1. The van der Waals surface area contributed by atoms with Crippen molar-refractivity contribution >= 4 is 27.3 Å². The first-order valence-corrected chi connectivity index (χ1v) is 8.76. The highest BCUT2D eigenvalue weighted by molar-refractivity contribution is 7.91. The van der Waals surface area contributed by atoms with E-state index in [9.17, 15) is 13.2 Å². The lowest BCUT2D eigenvalue weighted by Crippen LogP contribution is -2.34. The standard InChI is InChI=1S/C12H18N2O4S2/c1-12(5-3-4-6-12)7-14-20(16,17)11-9(10(15)18-2)13-8-19-11/h8,14H,3-7H2,1-2H3. The lowest BCUT2D eigenvalue weighted by Gasteiger charge is -2.23. The Morgan fingerprint density at radius 2 is 2.15 bits per heavy atom. The number of nitrogens with one attached hydrogen (secondary N) is 1. The molecule has 1 heterocycles. The summed E-state index contributed by atoms with van der Waals surface area (Å²) in [5.74, 6) is -0.737. The van der Waals surface area contributed by atoms with Gasteiger partial charge in [0.15, 0.2) is 9.90 Å². The number of esters is 1. The molecule has 1 aliphatic rings. The van der Waals surface area contributed by atoms with E-state index < -0.39 is 16.0 Å². The number of rotatable bonds is 5. The monoisotopic (exact) mass is 318 g/mol. The highest BCUT2D eigenvalue weighted by atomic mass is 32.2. The van der Waals surface area contributed by atoms with Crippen LogP contribution in [0.4, 0.5) is 0 Å². The van der Waals surface area contributed by atoms with Crippen LogP contribution in [0.2, 0.25) is 0 Å². The third kappa shape index (κ3) is 3.18. The van der Waals surface area contributed by atoms with Crippen LogP contribution in [0.3, 0.4) is 0 Å². The quantitative estimate of drug-likeness (QED) is 0.837. The molecule has 0 spiro atoms. The van der Waals surface area contributed by atoms with Crippen molar-refractivity contribution in [1.82, 2.24) is 9.71 Å². The summed E-state index contributed by atoms with van der Waals surface area (Å²) >= 11 is 0.919. The number of hydrogen-bond donors (Lipinski definition) is 1. The number of sulfonamides is 1. The fourth-order valence-electron chi connectivity index (χ4n) is 2.40. The number of aromatic nitrogens is 1. The van der Waals surface area contributed by atoms with Crippen LogP contribution in [-0.4, -0.2) is 33.0 Å². The molecule has 0 aliphatic heterocycles. The summed E-state index contributed by atoms with van der Waals surface area (Å²) < 4.78 is 31.6. The Morgan fingerprint density at radius 3 is 2.75 bits per heavy atom. The number of methoxy groups -OCH3 is 1. The van der Waals surface area contributed by atoms with Crippen molar-refractivity contribution in [3.05, 3.63) is 11.2 Å². The molecule has 112 valence electrons. The Bertz CT molecular complexity index is 588. The lowest BCUT2D eigenvalue weighted by molar-refractivity contribution is 0.0590. The van der Waals surface area contributed by atoms with E-state index in [4.69, 9.17) is 0 Å². The van der Waals surface area contributed by atoms with Gasteiger partial charge in [0, 0.05) is 6.54 Å². The Hall–Kier alpha value is -0.990. The first-order chi connectivity index (χ1) is 9.38. The molecule has 1 aromatic heterocycles. The molecule has 8 heteroatoms. The number of thiazole rings is 1. The lowest BCUT2D eigenvalue weighted by atomic mass is 9.89. The summed E-state index contributed by atoms with van der Waals surface area (Å²) in [6, 6.07) is 0. The Morgan fingerprint density at radius 1 is 1.50 bits per heavy atom. The maximum absolute atomic E-state index is 12.3. The van der Waals surface area contributed by atoms with E-state index in [1.54, 1.807) is 0 Å². The van der Waals surface area contributed by atoms with Crippen LogP contribution in [0.1, 0.15) is 43.1 Å². The zero-order chi connectivity index (χ0) is 14.8. The van der Waals surface area contributed by atoms with Gasteiger partial charge in [-0.3, -0.25) is 0 Å². The van der Waals surface area contributed by atoms with Crippen LogP contribution >= 0.6 is 11.3 Å². The zero-order valence-corrected chi connectivity index (χ0v) is 13.1. The second-order valence-corrected chi connectivity index (χ2v) is 8.14. The van der Waals surface area contributed by atoms with E-state index in [1.165, 1.54) is 12.6 Å². The van der Waals surface area contributed by atoms with Crippen molar-refractivity contribution < 1.29 is 17.9 Å². The fourth-order valence-corrected chi connectivity index (χ4v) is 4.77. The van der Waals surface area contributed by atoms with Crippen molar-refractivity contribution in [3.63, 3.8) is 0 Å². The first-order valence-electron chi connectivity index (χ1n) is 6.39. The molecule has 2 rings (SSSR count). The summed E-state index contributed by atoms with van der Waals surface area (Å²) in [6.45, 7) is 2.46. The smallest absolute Gasteiger partial charge is 0.358 e. The highest BCUT2D eigenvalue weighted by Crippen LogP contribution is 2.37. The average molecular weight is 318 g/mol. The van der Waals surface area contributed by atoms with Gasteiger partial charge in [0.1, 0.15) is 0 Å². The third-order valence-corrected chi connectivity index (χ3v) is 6.43. The van der Waals surface area contributed by atoms with Crippen molar-refractivity contribution in [1.29, 1.82) is 0 Å². The van der Waals surface area contributed by atoms with Crippen LogP contribution < -0.4 is 4.72 Å². The molecule has 1 fully saturated rings. The molecule has 0 radical (unpaired) electrons. The Kier molecular flexibility index (Phi) is 4.46. The van der Waals surface area contributed by atoms with Crippen LogP contribution in [0.5, 0.6) is 0 Å². The Labute approximate surface area is 122 Å². The van der Waals surface area contributed by atoms with Gasteiger partial charge in [0.25, 0.3) is 10.0 Å². The maximum Gasteiger partial charge on any atom is 0.358 e. The Balaban J connectivity index is 2.14. The molecule has 1 aliphatic carbocycles. The average Bonchev–Trinajstić information content (AvgIpc) is 3.05. The summed E-state index contributed by atoms with van der Waals surface area (Å²) in [6.07, 6.45) is 4.29. The second kappa shape index (κ2) is 5.79. The van der Waals surface area contributed by atoms with E-state index in [1.807, 2.05) is 0 Å². The maximum atomic E-state index is 12.3. The molecule has 1 saturated carbocycles. The molecule has 0 bridgehead atoms. The van der Waals surface area contributed by atoms with E-state index in [0.717, 1.165) is 37.0 Å². The molecule has 0 amide bonds. The molecule has 0 saturated heterocycles. The van der Waals surface area contributed by atoms with Crippen LogP contribution in [-0.2, 0) is 14.8 Å². The van der Waals surface area contributed by atoms with E-state index >= 15 is 0 Å². The molecule has 0 aromatic carbocycles. The molecule has 6 nitrogen and oxygen atoms in total. The molecule has 1 aromatic rings. The van der Waals surface area contributed by atoms with Gasteiger partial charge >= 0.3 is 5.97 Å². The van der Waals surface area contributed by atoms with Gasteiger partial charge in [0.05, 0.1) is 12.6 Å². The predicted molar refractivity (Wildman–Crippen MR) is 75.2 cm³/mol. The number of ether oxygens (including phenoxy) is 1. The normalized spacial score (nSPS) is 18.1. The first kappa shape index (κ1) is 15.4. The summed E-state index contributed by atoms with van der Waals surface area (Å²) in [5.41, 5.74) is 1.18. The second-order valence-electron chi connectivity index (χ2n) is 5.32. The minimum atomic E-state index is -3.72. The number of nitrogens with zero attached hydrogens (tertiary/aromatic N) is 1. The molecule has 1 N–H and O–H groups in total. The third-order valence-electron chi connectivity index (χ3n) is 3.66. The summed E-state index contributed by atoms with van der Waals surface area (Å²) in [4.78, 5) is 15.3. The molecular weight excluding hydrogens is 300 g/mol. The number of carbonyl (C=O) groups excluding carboxylic acids is 1. The minimum Gasteiger partial charge on any atom is -0.464 e. The number of carbonyl (C=O) groups is 1. The van der Waals surface area contributed by atoms with Crippen LogP contribution in [0.15, 0.2) is 9.72 Å². The van der Waals surface area contributed by atoms with Gasteiger partial charge in [0.2, 0.25) is 0 Å². The molecule has 0 unspecified atom stereocenters. The van der Waals surface area contributed by atoms with Crippen LogP contribution in [0.25, 0.3) is 0 Å². The summed E-state index contributed by atoms with van der Waals surface area (Å²) in [7, 11) is -2.52. The van der Waals surface area contributed by atoms with Gasteiger partial charge in [-0.15, -0.1) is 11.3 Å². The fraction of sp³-hybridized carbons (Fsp3) is 0.667. The van der Waals surface area contributed by atoms with Gasteiger partial charge in [-0.1, -0.05) is 19.8 Å². The van der Waals surface area contributed by atoms with E-state index in [0.29, 0.717) is 6.54 Å². The molecular formula is C12H18N2O4S2. The number of hydrogen-bond acceptors (Lipinski definition) is 6. The van der Waals surface area contributed by atoms with Gasteiger partial charge < -0.3 is 4.74 Å². The largest absolute Gasteiger partial charge is 0.464 e. The topological polar surface area (TPSA) is 85.4 Å². The predicted octanol–water partition coefficient (Wildman–Crippen LogP) is 1.79. The van der Waals surface area contributed by atoms with Gasteiger partial charge in [-0.2, -0.15) is 0 Å². The van der Waals surface area contributed by atoms with Crippen molar-refractivity contribution in [2.45, 2.75) is 36.8 Å². The summed E-state index contributed by atoms with van der Waals surface area (Å²) in [5, 5.41) is 0. The zero-order valence-electron chi connectivity index (χ0n) is 11.5. The highest BCUT2D eigenvalue weighted by Gasteiger charge is 2.32. The minimum absolute atomic E-state index is 0.00316. The van der Waals surface area contributed by atoms with Gasteiger partial charge in [-0.05, 0) is 18.3 Å².